The summed E-state index contributed by atoms with van der Waals surface area (Å²) in [6.07, 6.45) is 3.59. The summed E-state index contributed by atoms with van der Waals surface area (Å²) in [6, 6.07) is 2.83. The number of nitro benzene ring substituents is 1. The summed E-state index contributed by atoms with van der Waals surface area (Å²) in [5.74, 6) is -1.62. The zero-order chi connectivity index (χ0) is 20.4. The van der Waals surface area contributed by atoms with Crippen LogP contribution in [0.1, 0.15) is 49.4 Å². The molecule has 9 nitrogen and oxygen atoms in total. The molecule has 1 aromatic rings. The van der Waals surface area contributed by atoms with Crippen molar-refractivity contribution in [2.45, 2.75) is 49.5 Å². The Hall–Kier alpha value is -2.49. The number of carboxylic acid groups (broad SMARTS) is 1. The van der Waals surface area contributed by atoms with Gasteiger partial charge in [-0.2, -0.15) is 0 Å². The van der Waals surface area contributed by atoms with Crippen molar-refractivity contribution >= 4 is 27.4 Å². The highest BCUT2D eigenvalue weighted by atomic mass is 32.2. The number of carbonyl (C=O) groups is 2. The molecule has 1 saturated carbocycles. The maximum atomic E-state index is 12.6. The summed E-state index contributed by atoms with van der Waals surface area (Å²) in [5, 5.41) is 23.2. The Bertz CT molecular complexity index is 871. The third kappa shape index (κ3) is 4.62. The SMILES string of the molecule is CCC1CCC(NC(=O)c2cc([N+](=O)[O-])cc(S(C)(=O)=O)c2)(C(=O)O)CC1. The fraction of sp³-hybridized carbons (Fsp3) is 0.529. The Morgan fingerprint density at radius 1 is 1.30 bits per heavy atom. The van der Waals surface area contributed by atoms with Gasteiger partial charge in [0.1, 0.15) is 5.54 Å². The van der Waals surface area contributed by atoms with Crippen molar-refractivity contribution in [3.8, 4) is 0 Å². The Labute approximate surface area is 156 Å². The van der Waals surface area contributed by atoms with Crippen molar-refractivity contribution in [1.29, 1.82) is 0 Å². The maximum absolute atomic E-state index is 12.6. The third-order valence-corrected chi connectivity index (χ3v) is 6.18. The lowest BCUT2D eigenvalue weighted by atomic mass is 9.75. The van der Waals surface area contributed by atoms with Gasteiger partial charge in [0.2, 0.25) is 0 Å². The van der Waals surface area contributed by atoms with Gasteiger partial charge in [0, 0.05) is 24.0 Å². The van der Waals surface area contributed by atoms with Gasteiger partial charge in [0.15, 0.2) is 9.84 Å². The van der Waals surface area contributed by atoms with E-state index < -0.39 is 37.9 Å². The lowest BCUT2D eigenvalue weighted by Crippen LogP contribution is -2.56. The van der Waals surface area contributed by atoms with Gasteiger partial charge in [-0.25, -0.2) is 13.2 Å². The molecular weight excluding hydrogens is 376 g/mol. The molecule has 0 radical (unpaired) electrons. The van der Waals surface area contributed by atoms with Gasteiger partial charge >= 0.3 is 5.97 Å². The van der Waals surface area contributed by atoms with Crippen LogP contribution in [0, 0.1) is 16.0 Å². The first-order valence-electron chi connectivity index (χ1n) is 8.54. The lowest BCUT2D eigenvalue weighted by Gasteiger charge is -2.37. The van der Waals surface area contributed by atoms with Gasteiger partial charge in [0.05, 0.1) is 9.82 Å². The summed E-state index contributed by atoms with van der Waals surface area (Å²) < 4.78 is 23.5. The van der Waals surface area contributed by atoms with Gasteiger partial charge < -0.3 is 10.4 Å². The smallest absolute Gasteiger partial charge is 0.329 e. The summed E-state index contributed by atoms with van der Waals surface area (Å²) in [4.78, 5) is 34.4. The molecule has 2 N–H and O–H groups in total. The van der Waals surface area contributed by atoms with Crippen LogP contribution >= 0.6 is 0 Å². The summed E-state index contributed by atoms with van der Waals surface area (Å²) in [6.45, 7) is 2.02. The van der Waals surface area contributed by atoms with E-state index in [1.807, 2.05) is 6.92 Å². The molecule has 0 saturated heterocycles. The summed E-state index contributed by atoms with van der Waals surface area (Å²) in [5.41, 5.74) is -2.27. The topological polar surface area (TPSA) is 144 Å². The zero-order valence-corrected chi connectivity index (χ0v) is 15.9. The van der Waals surface area contributed by atoms with Gasteiger partial charge in [-0.1, -0.05) is 13.3 Å². The molecule has 1 fully saturated rings. The van der Waals surface area contributed by atoms with Crippen LogP contribution in [0.5, 0.6) is 0 Å². The minimum absolute atomic E-state index is 0.250. The van der Waals surface area contributed by atoms with E-state index in [4.69, 9.17) is 0 Å². The standard InChI is InChI=1S/C17H22N2O7S/c1-3-11-4-6-17(7-5-11,16(21)22)18-15(20)12-8-13(19(23)24)10-14(9-12)27(2,25)26/h8-11H,3-7H2,1-2H3,(H,18,20)(H,21,22). The molecule has 148 valence electrons. The molecule has 0 aromatic heterocycles. The van der Waals surface area contributed by atoms with E-state index >= 15 is 0 Å². The number of hydrogen-bond donors (Lipinski definition) is 2. The second kappa shape index (κ2) is 7.63. The first-order valence-corrected chi connectivity index (χ1v) is 10.4. The molecular formula is C17H22N2O7S. The van der Waals surface area contributed by atoms with E-state index in [9.17, 15) is 33.2 Å². The van der Waals surface area contributed by atoms with E-state index in [1.165, 1.54) is 0 Å². The maximum Gasteiger partial charge on any atom is 0.329 e. The number of benzene rings is 1. The first kappa shape index (κ1) is 20.8. The van der Waals surface area contributed by atoms with Crippen LogP contribution in [-0.2, 0) is 14.6 Å². The molecule has 1 aliphatic rings. The van der Waals surface area contributed by atoms with Crippen LogP contribution in [0.15, 0.2) is 23.1 Å². The van der Waals surface area contributed by atoms with Crippen molar-refractivity contribution in [3.63, 3.8) is 0 Å². The molecule has 1 aromatic carbocycles. The molecule has 1 aliphatic carbocycles. The molecule has 1 amide bonds. The normalized spacial score (nSPS) is 22.8. The number of sulfone groups is 1. The highest BCUT2D eigenvalue weighted by molar-refractivity contribution is 7.90. The second-order valence-electron chi connectivity index (χ2n) is 6.94. The van der Waals surface area contributed by atoms with Crippen molar-refractivity contribution in [2.75, 3.05) is 6.26 Å². The highest BCUT2D eigenvalue weighted by Gasteiger charge is 2.43. The number of hydrogen-bond acceptors (Lipinski definition) is 6. The number of amides is 1. The fourth-order valence-corrected chi connectivity index (χ4v) is 3.97. The number of carboxylic acids is 1. The summed E-state index contributed by atoms with van der Waals surface area (Å²) >= 11 is 0. The van der Waals surface area contributed by atoms with E-state index in [1.54, 1.807) is 0 Å². The molecule has 2 rings (SSSR count). The minimum atomic E-state index is -3.79. The van der Waals surface area contributed by atoms with Crippen molar-refractivity contribution < 1.29 is 28.0 Å². The van der Waals surface area contributed by atoms with Crippen LogP contribution < -0.4 is 5.32 Å². The van der Waals surface area contributed by atoms with E-state index in [-0.39, 0.29) is 23.3 Å². The fourth-order valence-electron chi connectivity index (χ4n) is 3.29. The second-order valence-corrected chi connectivity index (χ2v) is 8.95. The number of non-ortho nitro benzene ring substituents is 1. The van der Waals surface area contributed by atoms with Gasteiger partial charge in [-0.3, -0.25) is 14.9 Å². The molecule has 0 bridgehead atoms. The van der Waals surface area contributed by atoms with E-state index in [0.29, 0.717) is 18.8 Å². The number of rotatable bonds is 6. The Kier molecular flexibility index (Phi) is 5.88. The Morgan fingerprint density at radius 2 is 1.89 bits per heavy atom. The predicted molar refractivity (Wildman–Crippen MR) is 96.3 cm³/mol. The first-order chi connectivity index (χ1) is 12.5. The van der Waals surface area contributed by atoms with Gasteiger partial charge in [0.25, 0.3) is 11.6 Å². The minimum Gasteiger partial charge on any atom is -0.480 e. The van der Waals surface area contributed by atoms with Crippen LogP contribution in [-0.4, -0.2) is 42.1 Å². The molecule has 0 heterocycles. The quantitative estimate of drug-likeness (QED) is 0.552. The third-order valence-electron chi connectivity index (χ3n) is 5.09. The van der Waals surface area contributed by atoms with Crippen LogP contribution in [0.25, 0.3) is 0 Å². The van der Waals surface area contributed by atoms with E-state index in [2.05, 4.69) is 5.32 Å². The van der Waals surface area contributed by atoms with Crippen LogP contribution in [0.2, 0.25) is 0 Å². The van der Waals surface area contributed by atoms with Crippen molar-refractivity contribution in [3.05, 3.63) is 33.9 Å². The largest absolute Gasteiger partial charge is 0.480 e. The number of nitrogens with one attached hydrogen (secondary N) is 1. The Balaban J connectivity index is 2.37. The number of carbonyl (C=O) groups excluding carboxylic acids is 1. The molecule has 0 atom stereocenters. The number of nitro groups is 1. The molecule has 10 heteroatoms. The van der Waals surface area contributed by atoms with Gasteiger partial charge in [-0.05, 0) is 37.7 Å². The highest BCUT2D eigenvalue weighted by Crippen LogP contribution is 2.34. The van der Waals surface area contributed by atoms with Crippen LogP contribution in [0.4, 0.5) is 5.69 Å². The molecule has 0 aliphatic heterocycles. The average Bonchev–Trinajstić information content (AvgIpc) is 2.61. The van der Waals surface area contributed by atoms with Crippen LogP contribution in [0.3, 0.4) is 0 Å². The van der Waals surface area contributed by atoms with Gasteiger partial charge in [-0.15, -0.1) is 0 Å². The monoisotopic (exact) mass is 398 g/mol. The lowest BCUT2D eigenvalue weighted by molar-refractivity contribution is -0.385. The molecule has 0 unspecified atom stereocenters. The zero-order valence-electron chi connectivity index (χ0n) is 15.1. The molecule has 27 heavy (non-hydrogen) atoms. The van der Waals surface area contributed by atoms with Crippen molar-refractivity contribution in [1.82, 2.24) is 5.32 Å². The van der Waals surface area contributed by atoms with E-state index in [0.717, 1.165) is 30.9 Å². The van der Waals surface area contributed by atoms with Crippen molar-refractivity contribution in [2.24, 2.45) is 5.92 Å². The molecule has 0 spiro atoms. The predicted octanol–water partition coefficient (Wildman–Crippen LogP) is 2.15. The number of nitrogens with zero attached hydrogens (tertiary/aromatic N) is 1. The average molecular weight is 398 g/mol. The number of aliphatic carboxylic acids is 1. The Morgan fingerprint density at radius 3 is 2.33 bits per heavy atom. The summed E-state index contributed by atoms with van der Waals surface area (Å²) in [7, 11) is -3.79.